The second-order valence-electron chi connectivity index (χ2n) is 4.08. The Morgan fingerprint density at radius 1 is 1.53 bits per heavy atom. The van der Waals surface area contributed by atoms with E-state index >= 15 is 0 Å². The molecule has 1 rings (SSSR count). The zero-order chi connectivity index (χ0) is 14.4. The lowest BCUT2D eigenvalue weighted by Gasteiger charge is -2.03. The number of nitro groups is 1. The van der Waals surface area contributed by atoms with E-state index in [9.17, 15) is 14.9 Å². The van der Waals surface area contributed by atoms with Gasteiger partial charge in [-0.1, -0.05) is 13.8 Å². The Morgan fingerprint density at radius 2 is 2.21 bits per heavy atom. The van der Waals surface area contributed by atoms with Crippen LogP contribution in [0.15, 0.2) is 23.3 Å². The fraction of sp³-hybridized carbons (Fsp3) is 0.333. The third-order valence-corrected chi connectivity index (χ3v) is 2.31. The van der Waals surface area contributed by atoms with E-state index in [0.717, 1.165) is 0 Å². The molecular weight excluding hydrogens is 250 g/mol. The number of methoxy groups -OCH3 is 1. The SMILES string of the molecule is COc1ccc(/C=N/NC(=O)C(C)C)cc1[N+](=O)[O-]. The van der Waals surface area contributed by atoms with Crippen molar-refractivity contribution in [3.8, 4) is 5.75 Å². The second kappa shape index (κ2) is 6.48. The molecule has 1 aromatic carbocycles. The van der Waals surface area contributed by atoms with Crippen LogP contribution in [0.4, 0.5) is 5.69 Å². The average molecular weight is 265 g/mol. The summed E-state index contributed by atoms with van der Waals surface area (Å²) in [4.78, 5) is 21.5. The molecule has 1 amide bonds. The van der Waals surface area contributed by atoms with Crippen LogP contribution < -0.4 is 10.2 Å². The molecule has 0 aliphatic rings. The number of nitro benzene ring substituents is 1. The Morgan fingerprint density at radius 3 is 2.74 bits per heavy atom. The van der Waals surface area contributed by atoms with Crippen LogP contribution in [0, 0.1) is 16.0 Å². The van der Waals surface area contributed by atoms with Gasteiger partial charge in [0.2, 0.25) is 5.91 Å². The summed E-state index contributed by atoms with van der Waals surface area (Å²) < 4.78 is 4.88. The molecule has 0 aliphatic heterocycles. The topological polar surface area (TPSA) is 93.8 Å². The van der Waals surface area contributed by atoms with E-state index in [0.29, 0.717) is 5.56 Å². The summed E-state index contributed by atoms with van der Waals surface area (Å²) in [5.41, 5.74) is 2.68. The molecule has 7 nitrogen and oxygen atoms in total. The summed E-state index contributed by atoms with van der Waals surface area (Å²) in [6.07, 6.45) is 1.34. The van der Waals surface area contributed by atoms with Gasteiger partial charge in [-0.15, -0.1) is 0 Å². The molecule has 19 heavy (non-hydrogen) atoms. The van der Waals surface area contributed by atoms with Crippen molar-refractivity contribution in [2.24, 2.45) is 11.0 Å². The maximum atomic E-state index is 11.3. The van der Waals surface area contributed by atoms with E-state index in [4.69, 9.17) is 4.74 Å². The molecule has 0 saturated heterocycles. The number of hydrogen-bond acceptors (Lipinski definition) is 5. The first kappa shape index (κ1) is 14.6. The maximum absolute atomic E-state index is 11.3. The molecule has 1 N–H and O–H groups in total. The summed E-state index contributed by atoms with van der Waals surface area (Å²) in [6.45, 7) is 3.48. The Labute approximate surface area is 110 Å². The van der Waals surface area contributed by atoms with Crippen LogP contribution in [0.3, 0.4) is 0 Å². The number of amides is 1. The summed E-state index contributed by atoms with van der Waals surface area (Å²) >= 11 is 0. The van der Waals surface area contributed by atoms with E-state index in [2.05, 4.69) is 10.5 Å². The molecule has 1 aromatic rings. The number of carbonyl (C=O) groups excluding carboxylic acids is 1. The highest BCUT2D eigenvalue weighted by Crippen LogP contribution is 2.26. The lowest BCUT2D eigenvalue weighted by molar-refractivity contribution is -0.385. The number of hydrogen-bond donors (Lipinski definition) is 1. The highest BCUT2D eigenvalue weighted by Gasteiger charge is 2.14. The van der Waals surface area contributed by atoms with E-state index in [1.165, 1.54) is 25.5 Å². The second-order valence-corrected chi connectivity index (χ2v) is 4.08. The number of rotatable bonds is 5. The largest absolute Gasteiger partial charge is 0.490 e. The van der Waals surface area contributed by atoms with Crippen molar-refractivity contribution in [3.05, 3.63) is 33.9 Å². The van der Waals surface area contributed by atoms with Crippen molar-refractivity contribution >= 4 is 17.8 Å². The van der Waals surface area contributed by atoms with Crippen LogP contribution in [0.1, 0.15) is 19.4 Å². The molecule has 0 heterocycles. The predicted molar refractivity (Wildman–Crippen MR) is 70.2 cm³/mol. The van der Waals surface area contributed by atoms with E-state index in [1.807, 2.05) is 0 Å². The summed E-state index contributed by atoms with van der Waals surface area (Å²) in [5.74, 6) is -0.227. The lowest BCUT2D eigenvalue weighted by atomic mass is 10.2. The first-order valence-electron chi connectivity index (χ1n) is 5.61. The predicted octanol–water partition coefficient (Wildman–Crippen LogP) is 1.71. The van der Waals surface area contributed by atoms with E-state index in [1.54, 1.807) is 19.9 Å². The van der Waals surface area contributed by atoms with Crippen LogP contribution in [0.5, 0.6) is 5.75 Å². The third kappa shape index (κ3) is 4.06. The molecule has 0 radical (unpaired) electrons. The van der Waals surface area contributed by atoms with Gasteiger partial charge in [-0.2, -0.15) is 5.10 Å². The molecule has 0 saturated carbocycles. The minimum Gasteiger partial charge on any atom is -0.490 e. The summed E-state index contributed by atoms with van der Waals surface area (Å²) in [6, 6.07) is 4.41. The number of carbonyl (C=O) groups is 1. The highest BCUT2D eigenvalue weighted by atomic mass is 16.6. The van der Waals surface area contributed by atoms with Gasteiger partial charge in [-0.3, -0.25) is 14.9 Å². The Balaban J connectivity index is 2.85. The first-order valence-corrected chi connectivity index (χ1v) is 5.61. The molecule has 0 atom stereocenters. The standard InChI is InChI=1S/C12H15N3O4/c1-8(2)12(16)14-13-7-9-4-5-11(19-3)10(6-9)15(17)18/h4-8H,1-3H3,(H,14,16)/b13-7+. The van der Waals surface area contributed by atoms with Gasteiger partial charge in [0.15, 0.2) is 5.75 Å². The number of benzene rings is 1. The van der Waals surface area contributed by atoms with Crippen LogP contribution in [0.25, 0.3) is 0 Å². The van der Waals surface area contributed by atoms with E-state index < -0.39 is 4.92 Å². The van der Waals surface area contributed by atoms with Crippen molar-refractivity contribution in [3.63, 3.8) is 0 Å². The molecular formula is C12H15N3O4. The lowest BCUT2D eigenvalue weighted by Crippen LogP contribution is -2.22. The maximum Gasteiger partial charge on any atom is 0.311 e. The average Bonchev–Trinajstić information content (AvgIpc) is 2.38. The van der Waals surface area contributed by atoms with Gasteiger partial charge in [0.05, 0.1) is 18.2 Å². The van der Waals surface area contributed by atoms with Gasteiger partial charge in [0.25, 0.3) is 0 Å². The van der Waals surface area contributed by atoms with Gasteiger partial charge in [0, 0.05) is 17.5 Å². The van der Waals surface area contributed by atoms with Crippen LogP contribution in [0.2, 0.25) is 0 Å². The van der Waals surface area contributed by atoms with Gasteiger partial charge < -0.3 is 4.74 Å². The number of ether oxygens (including phenoxy) is 1. The fourth-order valence-electron chi connectivity index (χ4n) is 1.23. The van der Waals surface area contributed by atoms with Crippen molar-refractivity contribution in [2.75, 3.05) is 7.11 Å². The summed E-state index contributed by atoms with van der Waals surface area (Å²) in [7, 11) is 1.36. The van der Waals surface area contributed by atoms with Crippen LogP contribution in [-0.2, 0) is 4.79 Å². The number of nitrogens with zero attached hydrogens (tertiary/aromatic N) is 2. The normalized spacial score (nSPS) is 10.7. The Kier molecular flexibility index (Phi) is 4.99. The van der Waals surface area contributed by atoms with Gasteiger partial charge in [0.1, 0.15) is 0 Å². The van der Waals surface area contributed by atoms with Crippen LogP contribution >= 0.6 is 0 Å². The van der Waals surface area contributed by atoms with Gasteiger partial charge >= 0.3 is 5.69 Å². The first-order chi connectivity index (χ1) is 8.95. The minimum absolute atomic E-state index is 0.151. The van der Waals surface area contributed by atoms with Crippen molar-refractivity contribution < 1.29 is 14.5 Å². The smallest absolute Gasteiger partial charge is 0.311 e. The van der Waals surface area contributed by atoms with Crippen molar-refractivity contribution in [1.29, 1.82) is 0 Å². The molecule has 0 aliphatic carbocycles. The van der Waals surface area contributed by atoms with Crippen molar-refractivity contribution in [2.45, 2.75) is 13.8 Å². The highest BCUT2D eigenvalue weighted by molar-refractivity contribution is 5.84. The molecule has 7 heteroatoms. The molecule has 0 bridgehead atoms. The third-order valence-electron chi connectivity index (χ3n) is 2.31. The monoisotopic (exact) mass is 265 g/mol. The molecule has 0 fully saturated rings. The molecule has 0 aromatic heterocycles. The molecule has 102 valence electrons. The minimum atomic E-state index is -0.539. The zero-order valence-corrected chi connectivity index (χ0v) is 10.9. The molecule has 0 unspecified atom stereocenters. The quantitative estimate of drug-likeness (QED) is 0.498. The van der Waals surface area contributed by atoms with Crippen LogP contribution in [-0.4, -0.2) is 24.2 Å². The van der Waals surface area contributed by atoms with Crippen molar-refractivity contribution in [1.82, 2.24) is 5.43 Å². The fourth-order valence-corrected chi connectivity index (χ4v) is 1.23. The number of hydrazone groups is 1. The van der Waals surface area contributed by atoms with Gasteiger partial charge in [-0.05, 0) is 12.1 Å². The number of nitrogens with one attached hydrogen (secondary N) is 1. The van der Waals surface area contributed by atoms with Gasteiger partial charge in [-0.25, -0.2) is 5.43 Å². The zero-order valence-electron chi connectivity index (χ0n) is 10.9. The Hall–Kier alpha value is -2.44. The summed E-state index contributed by atoms with van der Waals surface area (Å²) in [5, 5.41) is 14.5. The van der Waals surface area contributed by atoms with E-state index in [-0.39, 0.29) is 23.3 Å². The Bertz CT molecular complexity index is 512. The molecule has 0 spiro atoms.